The highest BCUT2D eigenvalue weighted by atomic mass is 19.1. The number of benzene rings is 1. The minimum Gasteiger partial charge on any atom is -0.465 e. The summed E-state index contributed by atoms with van der Waals surface area (Å²) in [6.45, 7) is 5.51. The van der Waals surface area contributed by atoms with E-state index in [1.165, 1.54) is 30.2 Å². The standard InChI is InChI=1S/C17H16FNO3/c1-4-9-19-11(2)15(17(21)22-3)13(16(19)20)10-12-7-5-6-8-14(12)18/h4-8,10H,1,9H2,2-3H3. The fraction of sp³-hybridized carbons (Fsp3) is 0.176. The number of amides is 1. The second-order valence-electron chi connectivity index (χ2n) is 4.74. The van der Waals surface area contributed by atoms with Gasteiger partial charge < -0.3 is 9.64 Å². The maximum atomic E-state index is 13.8. The van der Waals surface area contributed by atoms with E-state index in [0.717, 1.165) is 0 Å². The number of esters is 1. The molecular weight excluding hydrogens is 285 g/mol. The summed E-state index contributed by atoms with van der Waals surface area (Å²) in [7, 11) is 1.24. The number of rotatable bonds is 4. The van der Waals surface area contributed by atoms with Gasteiger partial charge >= 0.3 is 5.97 Å². The Hall–Kier alpha value is -2.69. The largest absolute Gasteiger partial charge is 0.465 e. The molecule has 1 amide bonds. The van der Waals surface area contributed by atoms with Crippen LogP contribution in [-0.2, 0) is 14.3 Å². The molecule has 0 bridgehead atoms. The van der Waals surface area contributed by atoms with Gasteiger partial charge in [-0.3, -0.25) is 4.79 Å². The summed E-state index contributed by atoms with van der Waals surface area (Å²) in [5, 5.41) is 0. The molecule has 0 saturated heterocycles. The molecule has 0 aliphatic carbocycles. The summed E-state index contributed by atoms with van der Waals surface area (Å²) in [6, 6.07) is 6.04. The fourth-order valence-electron chi connectivity index (χ4n) is 2.32. The predicted octanol–water partition coefficient (Wildman–Crippen LogP) is 2.68. The first-order chi connectivity index (χ1) is 10.5. The Kier molecular flexibility index (Phi) is 4.56. The molecule has 1 heterocycles. The maximum Gasteiger partial charge on any atom is 0.340 e. The van der Waals surface area contributed by atoms with Gasteiger partial charge in [0.15, 0.2) is 0 Å². The lowest BCUT2D eigenvalue weighted by Crippen LogP contribution is -2.25. The van der Waals surface area contributed by atoms with Crippen LogP contribution in [0.3, 0.4) is 0 Å². The van der Waals surface area contributed by atoms with Gasteiger partial charge in [0.05, 0.1) is 18.3 Å². The van der Waals surface area contributed by atoms with E-state index < -0.39 is 11.8 Å². The Bertz CT molecular complexity index is 704. The second-order valence-corrected chi connectivity index (χ2v) is 4.74. The van der Waals surface area contributed by atoms with E-state index in [1.54, 1.807) is 25.1 Å². The van der Waals surface area contributed by atoms with Gasteiger partial charge in [-0.15, -0.1) is 6.58 Å². The topological polar surface area (TPSA) is 46.6 Å². The summed E-state index contributed by atoms with van der Waals surface area (Å²) in [5.41, 5.74) is 0.980. The van der Waals surface area contributed by atoms with Gasteiger partial charge in [-0.2, -0.15) is 0 Å². The van der Waals surface area contributed by atoms with E-state index in [2.05, 4.69) is 6.58 Å². The molecule has 0 spiro atoms. The van der Waals surface area contributed by atoms with Gasteiger partial charge in [-0.25, -0.2) is 9.18 Å². The molecule has 2 rings (SSSR count). The lowest BCUT2D eigenvalue weighted by Gasteiger charge is -2.14. The minimum absolute atomic E-state index is 0.122. The van der Waals surface area contributed by atoms with Crippen LogP contribution in [0.4, 0.5) is 4.39 Å². The number of allylic oxidation sites excluding steroid dienone is 1. The zero-order valence-corrected chi connectivity index (χ0v) is 12.4. The minimum atomic E-state index is -0.625. The highest BCUT2D eigenvalue weighted by Crippen LogP contribution is 2.31. The first kappa shape index (κ1) is 15.7. The lowest BCUT2D eigenvalue weighted by molar-refractivity contribution is -0.136. The number of ether oxygens (including phenoxy) is 1. The molecule has 4 nitrogen and oxygen atoms in total. The van der Waals surface area contributed by atoms with E-state index in [-0.39, 0.29) is 29.2 Å². The third-order valence-corrected chi connectivity index (χ3v) is 3.42. The molecule has 22 heavy (non-hydrogen) atoms. The molecule has 0 atom stereocenters. The van der Waals surface area contributed by atoms with Crippen LogP contribution in [0.25, 0.3) is 6.08 Å². The first-order valence-electron chi connectivity index (χ1n) is 6.69. The van der Waals surface area contributed by atoms with E-state index >= 15 is 0 Å². The van der Waals surface area contributed by atoms with Gasteiger partial charge in [0.2, 0.25) is 0 Å². The quantitative estimate of drug-likeness (QED) is 0.488. The van der Waals surface area contributed by atoms with Gasteiger partial charge in [0.1, 0.15) is 5.82 Å². The number of methoxy groups -OCH3 is 1. The highest BCUT2D eigenvalue weighted by Gasteiger charge is 2.36. The van der Waals surface area contributed by atoms with E-state index in [0.29, 0.717) is 5.70 Å². The van der Waals surface area contributed by atoms with Gasteiger partial charge in [-0.1, -0.05) is 24.3 Å². The second kappa shape index (κ2) is 6.39. The van der Waals surface area contributed by atoms with Crippen LogP contribution in [0.2, 0.25) is 0 Å². The first-order valence-corrected chi connectivity index (χ1v) is 6.69. The Morgan fingerprint density at radius 2 is 2.09 bits per heavy atom. The average Bonchev–Trinajstić information content (AvgIpc) is 2.74. The summed E-state index contributed by atoms with van der Waals surface area (Å²) in [5.74, 6) is -1.46. The van der Waals surface area contributed by atoms with Crippen LogP contribution in [0.1, 0.15) is 12.5 Å². The Balaban J connectivity index is 2.58. The van der Waals surface area contributed by atoms with Crippen LogP contribution < -0.4 is 0 Å². The van der Waals surface area contributed by atoms with Crippen molar-refractivity contribution in [1.29, 1.82) is 0 Å². The molecule has 114 valence electrons. The molecular formula is C17H16FNO3. The maximum absolute atomic E-state index is 13.8. The van der Waals surface area contributed by atoms with E-state index in [9.17, 15) is 14.0 Å². The number of hydrogen-bond acceptors (Lipinski definition) is 3. The summed E-state index contributed by atoms with van der Waals surface area (Å²) in [4.78, 5) is 25.9. The van der Waals surface area contributed by atoms with Crippen LogP contribution in [-0.4, -0.2) is 30.4 Å². The molecule has 1 aliphatic rings. The monoisotopic (exact) mass is 301 g/mol. The number of carbonyl (C=O) groups excluding carboxylic acids is 2. The van der Waals surface area contributed by atoms with Crippen molar-refractivity contribution in [1.82, 2.24) is 4.90 Å². The predicted molar refractivity (Wildman–Crippen MR) is 81.0 cm³/mol. The average molecular weight is 301 g/mol. The zero-order valence-electron chi connectivity index (χ0n) is 12.4. The number of halogens is 1. The van der Waals surface area contributed by atoms with Crippen molar-refractivity contribution in [2.24, 2.45) is 0 Å². The lowest BCUT2D eigenvalue weighted by atomic mass is 10.0. The molecule has 0 N–H and O–H groups in total. The van der Waals surface area contributed by atoms with Gasteiger partial charge in [0.25, 0.3) is 5.91 Å². The number of hydrogen-bond donors (Lipinski definition) is 0. The summed E-state index contributed by atoms with van der Waals surface area (Å²) >= 11 is 0. The molecule has 0 fully saturated rings. The van der Waals surface area contributed by atoms with Crippen molar-refractivity contribution in [3.8, 4) is 0 Å². The molecule has 0 saturated carbocycles. The SMILES string of the molecule is C=CCN1C(=O)C(=Cc2ccccc2F)C(C(=O)OC)=C1C. The van der Waals surface area contributed by atoms with E-state index in [1.807, 2.05) is 0 Å². The smallest absolute Gasteiger partial charge is 0.340 e. The summed E-state index contributed by atoms with van der Waals surface area (Å²) < 4.78 is 18.5. The van der Waals surface area contributed by atoms with Crippen molar-refractivity contribution < 1.29 is 18.7 Å². The van der Waals surface area contributed by atoms with Crippen molar-refractivity contribution in [2.75, 3.05) is 13.7 Å². The molecule has 1 aromatic carbocycles. The molecule has 0 unspecified atom stereocenters. The molecule has 1 aromatic rings. The van der Waals surface area contributed by atoms with Crippen molar-refractivity contribution in [3.05, 3.63) is 65.1 Å². The van der Waals surface area contributed by atoms with Gasteiger partial charge in [0, 0.05) is 17.8 Å². The molecule has 5 heteroatoms. The normalized spacial score (nSPS) is 16.4. The third-order valence-electron chi connectivity index (χ3n) is 3.42. The van der Waals surface area contributed by atoms with Crippen molar-refractivity contribution >= 4 is 18.0 Å². The van der Waals surface area contributed by atoms with Crippen molar-refractivity contribution in [3.63, 3.8) is 0 Å². The van der Waals surface area contributed by atoms with E-state index in [4.69, 9.17) is 4.74 Å². The third kappa shape index (κ3) is 2.70. The van der Waals surface area contributed by atoms with Crippen molar-refractivity contribution in [2.45, 2.75) is 6.92 Å². The van der Waals surface area contributed by atoms with Crippen LogP contribution >= 0.6 is 0 Å². The van der Waals surface area contributed by atoms with Crippen LogP contribution in [0.5, 0.6) is 0 Å². The number of nitrogens with zero attached hydrogens (tertiary/aromatic N) is 1. The van der Waals surface area contributed by atoms with Gasteiger partial charge in [-0.05, 0) is 19.1 Å². The Morgan fingerprint density at radius 1 is 1.41 bits per heavy atom. The number of carbonyl (C=O) groups is 2. The fourth-order valence-corrected chi connectivity index (χ4v) is 2.32. The molecule has 0 radical (unpaired) electrons. The Labute approximate surface area is 128 Å². The summed E-state index contributed by atoms with van der Waals surface area (Å²) in [6.07, 6.45) is 2.93. The molecule has 0 aromatic heterocycles. The highest BCUT2D eigenvalue weighted by molar-refractivity contribution is 6.16. The van der Waals surface area contributed by atoms with Crippen LogP contribution in [0, 0.1) is 5.82 Å². The zero-order chi connectivity index (χ0) is 16.3. The molecule has 1 aliphatic heterocycles. The Morgan fingerprint density at radius 3 is 2.68 bits per heavy atom. The van der Waals surface area contributed by atoms with Crippen LogP contribution in [0.15, 0.2) is 53.8 Å².